The number of benzene rings is 8. The molecule has 0 saturated carbocycles. The molecule has 0 amide bonds. The van der Waals surface area contributed by atoms with Gasteiger partial charge in [-0.05, 0) is 53.2 Å². The summed E-state index contributed by atoms with van der Waals surface area (Å²) in [5.41, 5.74) is 9.86. The summed E-state index contributed by atoms with van der Waals surface area (Å²) < 4.78 is 4.88. The van der Waals surface area contributed by atoms with Gasteiger partial charge in [0.05, 0.1) is 22.1 Å². The first-order chi connectivity index (χ1) is 26.8. The van der Waals surface area contributed by atoms with E-state index >= 15 is 0 Å². The van der Waals surface area contributed by atoms with Gasteiger partial charge >= 0.3 is 0 Å². The van der Waals surface area contributed by atoms with Gasteiger partial charge in [-0.15, -0.1) is 0 Å². The Balaban J connectivity index is 1.12. The summed E-state index contributed by atoms with van der Waals surface area (Å²) in [5, 5.41) is 7.19. The number of para-hydroxylation sites is 3. The fourth-order valence-corrected chi connectivity index (χ4v) is 8.06. The molecule has 0 aliphatic carbocycles. The van der Waals surface area contributed by atoms with E-state index in [2.05, 4.69) is 137 Å². The molecular weight excluding hydrogens is 659 g/mol. The van der Waals surface area contributed by atoms with E-state index in [-0.39, 0.29) is 0 Å². The lowest BCUT2D eigenvalue weighted by Crippen LogP contribution is -2.00. The van der Waals surface area contributed by atoms with Crippen molar-refractivity contribution in [2.45, 2.75) is 0 Å². The molecular formula is C49H31N5. The Labute approximate surface area is 311 Å². The number of fused-ring (bicyclic) bond motifs is 8. The van der Waals surface area contributed by atoms with Crippen molar-refractivity contribution < 1.29 is 0 Å². The maximum atomic E-state index is 4.98. The first kappa shape index (κ1) is 30.3. The fraction of sp³-hybridized carbons (Fsp3) is 0. The first-order valence-corrected chi connectivity index (χ1v) is 18.2. The molecule has 3 aromatic heterocycles. The highest BCUT2D eigenvalue weighted by molar-refractivity contribution is 6.23. The van der Waals surface area contributed by atoms with E-state index in [1.165, 1.54) is 43.6 Å². The third kappa shape index (κ3) is 4.76. The van der Waals surface area contributed by atoms with Crippen LogP contribution < -0.4 is 0 Å². The maximum absolute atomic E-state index is 4.98. The van der Waals surface area contributed by atoms with Gasteiger partial charge in [-0.3, -0.25) is 0 Å². The highest BCUT2D eigenvalue weighted by Crippen LogP contribution is 2.42. The lowest BCUT2D eigenvalue weighted by Gasteiger charge is -2.13. The van der Waals surface area contributed by atoms with Gasteiger partial charge in [-0.2, -0.15) is 0 Å². The highest BCUT2D eigenvalue weighted by Gasteiger charge is 2.21. The van der Waals surface area contributed by atoms with E-state index in [0.717, 1.165) is 38.8 Å². The van der Waals surface area contributed by atoms with Gasteiger partial charge < -0.3 is 9.13 Å². The molecule has 0 saturated heterocycles. The average molecular weight is 690 g/mol. The Kier molecular flexibility index (Phi) is 6.79. The lowest BCUT2D eigenvalue weighted by atomic mass is 10.1. The van der Waals surface area contributed by atoms with Crippen LogP contribution in [-0.2, 0) is 0 Å². The van der Waals surface area contributed by atoms with Crippen LogP contribution in [0.5, 0.6) is 0 Å². The van der Waals surface area contributed by atoms with Crippen molar-refractivity contribution in [2.24, 2.45) is 0 Å². The number of aromatic nitrogens is 5. The van der Waals surface area contributed by atoms with Gasteiger partial charge in [0.25, 0.3) is 0 Å². The molecule has 0 atom stereocenters. The zero-order chi connectivity index (χ0) is 35.6. The summed E-state index contributed by atoms with van der Waals surface area (Å²) in [7, 11) is 0. The quantitative estimate of drug-likeness (QED) is 0.181. The summed E-state index contributed by atoms with van der Waals surface area (Å²) >= 11 is 0. The Hall–Kier alpha value is -7.37. The first-order valence-electron chi connectivity index (χ1n) is 18.2. The van der Waals surface area contributed by atoms with Crippen molar-refractivity contribution in [1.82, 2.24) is 24.1 Å². The van der Waals surface area contributed by atoms with Gasteiger partial charge in [-0.1, -0.05) is 146 Å². The summed E-state index contributed by atoms with van der Waals surface area (Å²) in [6, 6.07) is 66.3. The van der Waals surface area contributed by atoms with Crippen LogP contribution >= 0.6 is 0 Å². The van der Waals surface area contributed by atoms with Crippen LogP contribution in [-0.4, -0.2) is 24.1 Å². The molecule has 3 heterocycles. The molecule has 0 N–H and O–H groups in total. The molecule has 5 nitrogen and oxygen atoms in total. The van der Waals surface area contributed by atoms with E-state index in [1.54, 1.807) is 0 Å². The summed E-state index contributed by atoms with van der Waals surface area (Å²) in [5.74, 6) is 1.95. The van der Waals surface area contributed by atoms with Gasteiger partial charge in [0.2, 0.25) is 0 Å². The smallest absolute Gasteiger partial charge is 0.164 e. The van der Waals surface area contributed by atoms with Crippen LogP contribution in [0.1, 0.15) is 0 Å². The number of nitrogens with zero attached hydrogens (tertiary/aromatic N) is 5. The van der Waals surface area contributed by atoms with E-state index in [0.29, 0.717) is 17.5 Å². The lowest BCUT2D eigenvalue weighted by molar-refractivity contribution is 1.07. The molecule has 0 spiro atoms. The number of rotatable bonds is 5. The minimum absolute atomic E-state index is 0.646. The Bertz CT molecular complexity index is 3140. The molecule has 0 unspecified atom stereocenters. The van der Waals surface area contributed by atoms with Gasteiger partial charge in [-0.25, -0.2) is 15.0 Å². The van der Waals surface area contributed by atoms with E-state index in [1.807, 2.05) is 60.7 Å². The summed E-state index contributed by atoms with van der Waals surface area (Å²) in [6.45, 7) is 0. The van der Waals surface area contributed by atoms with E-state index in [9.17, 15) is 0 Å². The van der Waals surface area contributed by atoms with E-state index < -0.39 is 0 Å². The second-order valence-corrected chi connectivity index (χ2v) is 13.7. The molecule has 8 aromatic carbocycles. The predicted octanol–water partition coefficient (Wildman–Crippen LogP) is 12.2. The summed E-state index contributed by atoms with van der Waals surface area (Å²) in [4.78, 5) is 14.9. The van der Waals surface area contributed by atoms with Gasteiger partial charge in [0, 0.05) is 49.6 Å². The maximum Gasteiger partial charge on any atom is 0.164 e. The molecule has 0 radical (unpaired) electrons. The van der Waals surface area contributed by atoms with Crippen molar-refractivity contribution in [3.8, 4) is 45.5 Å². The monoisotopic (exact) mass is 689 g/mol. The summed E-state index contributed by atoms with van der Waals surface area (Å²) in [6.07, 6.45) is 0. The van der Waals surface area contributed by atoms with Crippen LogP contribution in [0.4, 0.5) is 0 Å². The largest absolute Gasteiger partial charge is 0.307 e. The van der Waals surface area contributed by atoms with Gasteiger partial charge in [0.1, 0.15) is 0 Å². The van der Waals surface area contributed by atoms with Crippen LogP contribution in [0.25, 0.3) is 99.9 Å². The minimum atomic E-state index is 0.646. The van der Waals surface area contributed by atoms with Gasteiger partial charge in [0.15, 0.2) is 17.5 Å². The van der Waals surface area contributed by atoms with Crippen LogP contribution in [0, 0.1) is 0 Å². The Morgan fingerprint density at radius 2 is 0.741 bits per heavy atom. The number of hydrogen-bond donors (Lipinski definition) is 0. The SMILES string of the molecule is c1ccc(-c2nc(-c3ccccc3)nc(-c3ccc4cc(-n5c6ccccc6c6ccc7c8ccccc8n(-c8ccccc8)c7c65)ccc4c3)n2)cc1. The molecule has 0 fully saturated rings. The molecule has 54 heavy (non-hydrogen) atoms. The molecule has 0 aliphatic rings. The minimum Gasteiger partial charge on any atom is -0.307 e. The molecule has 0 aliphatic heterocycles. The Morgan fingerprint density at radius 1 is 0.296 bits per heavy atom. The molecule has 252 valence electrons. The zero-order valence-electron chi connectivity index (χ0n) is 29.1. The number of hydrogen-bond acceptors (Lipinski definition) is 3. The molecule has 11 aromatic rings. The second-order valence-electron chi connectivity index (χ2n) is 13.7. The van der Waals surface area contributed by atoms with Crippen molar-refractivity contribution in [3.05, 3.63) is 188 Å². The van der Waals surface area contributed by atoms with E-state index in [4.69, 9.17) is 15.0 Å². The third-order valence-electron chi connectivity index (χ3n) is 10.5. The van der Waals surface area contributed by atoms with Crippen LogP contribution in [0.15, 0.2) is 188 Å². The standard InChI is InChI=1S/C49H31N5/c1-4-14-32(15-5-1)47-50-48(33-16-6-2-7-17-33)52-49(51-47)36-25-24-35-31-38(27-26-34(35)30-36)54-44-23-13-11-21-40(44)42-29-28-41-39-20-10-12-22-43(39)53(45(41)46(42)54)37-18-8-3-9-19-37/h1-31H. The van der Waals surface area contributed by atoms with Crippen molar-refractivity contribution in [3.63, 3.8) is 0 Å². The predicted molar refractivity (Wildman–Crippen MR) is 222 cm³/mol. The van der Waals surface area contributed by atoms with Crippen molar-refractivity contribution in [2.75, 3.05) is 0 Å². The Morgan fingerprint density at radius 3 is 1.31 bits per heavy atom. The van der Waals surface area contributed by atoms with Crippen molar-refractivity contribution in [1.29, 1.82) is 0 Å². The van der Waals surface area contributed by atoms with Crippen molar-refractivity contribution >= 4 is 54.4 Å². The average Bonchev–Trinajstić information content (AvgIpc) is 3.77. The van der Waals surface area contributed by atoms with Crippen LogP contribution in [0.3, 0.4) is 0 Å². The topological polar surface area (TPSA) is 48.5 Å². The fourth-order valence-electron chi connectivity index (χ4n) is 8.06. The third-order valence-corrected chi connectivity index (χ3v) is 10.5. The molecule has 0 bridgehead atoms. The second kappa shape index (κ2) is 12.1. The normalized spacial score (nSPS) is 11.7. The molecule has 5 heteroatoms. The van der Waals surface area contributed by atoms with Crippen LogP contribution in [0.2, 0.25) is 0 Å². The highest BCUT2D eigenvalue weighted by atomic mass is 15.0. The zero-order valence-corrected chi connectivity index (χ0v) is 29.1. The molecule has 11 rings (SSSR count).